The van der Waals surface area contributed by atoms with Crippen molar-refractivity contribution in [3.05, 3.63) is 40.1 Å². The molecule has 0 saturated carbocycles. The van der Waals surface area contributed by atoms with Gasteiger partial charge in [-0.3, -0.25) is 14.5 Å². The van der Waals surface area contributed by atoms with Gasteiger partial charge in [0.1, 0.15) is 12.6 Å². The summed E-state index contributed by atoms with van der Waals surface area (Å²) in [5.41, 5.74) is 0.397. The standard InChI is InChI=1S/C16H17Cl2N3O3/c1-10(24-3)8-15(22)21(11(2)16(23)20-7-6-19)12-4-5-13(17)14(18)9-12/h4-5,8-9,11H,7H2,1-3H3,(H,20,23). The van der Waals surface area contributed by atoms with E-state index in [0.29, 0.717) is 16.5 Å². The molecule has 0 bridgehead atoms. The Kier molecular flexibility index (Phi) is 7.56. The third-order valence-corrected chi connectivity index (χ3v) is 3.91. The Morgan fingerprint density at radius 3 is 2.62 bits per heavy atom. The van der Waals surface area contributed by atoms with Crippen LogP contribution in [0.5, 0.6) is 0 Å². The molecular formula is C16H17Cl2N3O3. The molecular weight excluding hydrogens is 353 g/mol. The van der Waals surface area contributed by atoms with Crippen LogP contribution in [0.25, 0.3) is 0 Å². The van der Waals surface area contributed by atoms with Crippen LogP contribution in [-0.2, 0) is 14.3 Å². The molecule has 0 spiro atoms. The number of benzene rings is 1. The summed E-state index contributed by atoms with van der Waals surface area (Å²) in [7, 11) is 1.44. The number of carbonyl (C=O) groups excluding carboxylic acids is 2. The topological polar surface area (TPSA) is 82.4 Å². The number of methoxy groups -OCH3 is 1. The minimum Gasteiger partial charge on any atom is -0.501 e. The van der Waals surface area contributed by atoms with Crippen LogP contribution in [0.2, 0.25) is 10.0 Å². The van der Waals surface area contributed by atoms with E-state index in [2.05, 4.69) is 5.32 Å². The van der Waals surface area contributed by atoms with Crippen LogP contribution < -0.4 is 10.2 Å². The molecule has 1 atom stereocenters. The molecule has 1 unspecified atom stereocenters. The lowest BCUT2D eigenvalue weighted by atomic mass is 10.2. The zero-order valence-corrected chi connectivity index (χ0v) is 15.0. The Bertz CT molecular complexity index is 698. The summed E-state index contributed by atoms with van der Waals surface area (Å²) < 4.78 is 4.98. The van der Waals surface area contributed by atoms with Crippen LogP contribution in [0.15, 0.2) is 30.0 Å². The summed E-state index contributed by atoms with van der Waals surface area (Å²) >= 11 is 11.9. The molecule has 24 heavy (non-hydrogen) atoms. The van der Waals surface area contributed by atoms with Gasteiger partial charge in [0.2, 0.25) is 5.91 Å². The van der Waals surface area contributed by atoms with Crippen LogP contribution in [0.1, 0.15) is 13.8 Å². The van der Waals surface area contributed by atoms with E-state index in [1.165, 1.54) is 30.2 Å². The smallest absolute Gasteiger partial charge is 0.255 e. The second kappa shape index (κ2) is 9.16. The van der Waals surface area contributed by atoms with Gasteiger partial charge in [-0.25, -0.2) is 0 Å². The normalized spacial score (nSPS) is 12.1. The van der Waals surface area contributed by atoms with E-state index < -0.39 is 17.9 Å². The molecule has 0 heterocycles. The number of allylic oxidation sites excluding steroid dienone is 1. The van der Waals surface area contributed by atoms with Crippen molar-refractivity contribution in [3.8, 4) is 6.07 Å². The highest BCUT2D eigenvalue weighted by Gasteiger charge is 2.27. The number of hydrogen-bond donors (Lipinski definition) is 1. The highest BCUT2D eigenvalue weighted by molar-refractivity contribution is 6.42. The van der Waals surface area contributed by atoms with Crippen molar-refractivity contribution >= 4 is 40.7 Å². The molecule has 8 heteroatoms. The van der Waals surface area contributed by atoms with Crippen molar-refractivity contribution in [2.75, 3.05) is 18.6 Å². The van der Waals surface area contributed by atoms with Crippen LogP contribution >= 0.6 is 23.2 Å². The van der Waals surface area contributed by atoms with Crippen molar-refractivity contribution in [1.82, 2.24) is 5.32 Å². The summed E-state index contributed by atoms with van der Waals surface area (Å²) in [5.74, 6) is -0.554. The van der Waals surface area contributed by atoms with E-state index in [1.54, 1.807) is 19.9 Å². The second-order valence-corrected chi connectivity index (χ2v) is 5.63. The van der Waals surface area contributed by atoms with Gasteiger partial charge in [-0.2, -0.15) is 5.26 Å². The Hall–Kier alpha value is -2.23. The molecule has 2 amide bonds. The first kappa shape index (κ1) is 19.8. The van der Waals surface area contributed by atoms with Crippen LogP contribution in [0.4, 0.5) is 5.69 Å². The predicted molar refractivity (Wildman–Crippen MR) is 92.8 cm³/mol. The second-order valence-electron chi connectivity index (χ2n) is 4.82. The molecule has 0 aliphatic rings. The van der Waals surface area contributed by atoms with Gasteiger partial charge in [0, 0.05) is 11.8 Å². The van der Waals surface area contributed by atoms with Crippen molar-refractivity contribution in [2.24, 2.45) is 0 Å². The fraction of sp³-hybridized carbons (Fsp3) is 0.312. The summed E-state index contributed by atoms with van der Waals surface area (Å²) in [4.78, 5) is 26.0. The lowest BCUT2D eigenvalue weighted by Crippen LogP contribution is -2.48. The first-order valence-electron chi connectivity index (χ1n) is 6.97. The molecule has 1 aromatic rings. The van der Waals surface area contributed by atoms with Crippen LogP contribution in [0.3, 0.4) is 0 Å². The molecule has 6 nitrogen and oxygen atoms in total. The summed E-state index contributed by atoms with van der Waals surface area (Å²) in [5, 5.41) is 11.6. The number of hydrogen-bond acceptors (Lipinski definition) is 4. The fourth-order valence-electron chi connectivity index (χ4n) is 1.87. The predicted octanol–water partition coefficient (Wildman–Crippen LogP) is 2.90. The number of nitriles is 1. The third kappa shape index (κ3) is 5.15. The maximum atomic E-state index is 12.6. The number of amides is 2. The molecule has 1 aromatic carbocycles. The van der Waals surface area contributed by atoms with E-state index in [1.807, 2.05) is 6.07 Å². The molecule has 0 fully saturated rings. The van der Waals surface area contributed by atoms with E-state index >= 15 is 0 Å². The maximum absolute atomic E-state index is 12.6. The highest BCUT2D eigenvalue weighted by atomic mass is 35.5. The number of nitrogens with one attached hydrogen (secondary N) is 1. The average Bonchev–Trinajstić information content (AvgIpc) is 2.55. The Morgan fingerprint density at radius 1 is 1.42 bits per heavy atom. The summed E-state index contributed by atoms with van der Waals surface area (Å²) in [6, 6.07) is 5.55. The summed E-state index contributed by atoms with van der Waals surface area (Å²) in [6.07, 6.45) is 1.26. The average molecular weight is 370 g/mol. The van der Waals surface area contributed by atoms with E-state index in [-0.39, 0.29) is 11.6 Å². The maximum Gasteiger partial charge on any atom is 0.255 e. The van der Waals surface area contributed by atoms with Crippen molar-refractivity contribution in [3.63, 3.8) is 0 Å². The lowest BCUT2D eigenvalue weighted by molar-refractivity contribution is -0.124. The number of ether oxygens (including phenoxy) is 1. The van der Waals surface area contributed by atoms with E-state index in [9.17, 15) is 9.59 Å². The Balaban J connectivity index is 3.25. The molecule has 0 radical (unpaired) electrons. The molecule has 0 aliphatic carbocycles. The van der Waals surface area contributed by atoms with Crippen molar-refractivity contribution in [2.45, 2.75) is 19.9 Å². The molecule has 1 N–H and O–H groups in total. The molecule has 1 rings (SSSR count). The van der Waals surface area contributed by atoms with Gasteiger partial charge in [0.05, 0.1) is 29.0 Å². The molecule has 0 aliphatic heterocycles. The Labute approximate surface area is 150 Å². The van der Waals surface area contributed by atoms with Crippen LogP contribution in [0, 0.1) is 11.3 Å². The van der Waals surface area contributed by atoms with Crippen molar-refractivity contribution < 1.29 is 14.3 Å². The molecule has 128 valence electrons. The fourth-order valence-corrected chi connectivity index (χ4v) is 2.16. The zero-order valence-electron chi connectivity index (χ0n) is 13.5. The number of rotatable bonds is 6. The molecule has 0 saturated heterocycles. The SMILES string of the molecule is COC(C)=CC(=O)N(c1ccc(Cl)c(Cl)c1)C(C)C(=O)NCC#N. The number of halogens is 2. The minimum absolute atomic E-state index is 0.153. The lowest BCUT2D eigenvalue weighted by Gasteiger charge is -2.27. The third-order valence-electron chi connectivity index (χ3n) is 3.18. The highest BCUT2D eigenvalue weighted by Crippen LogP contribution is 2.28. The minimum atomic E-state index is -0.871. The van der Waals surface area contributed by atoms with Gasteiger partial charge in [-0.15, -0.1) is 0 Å². The van der Waals surface area contributed by atoms with E-state index in [4.69, 9.17) is 33.2 Å². The van der Waals surface area contributed by atoms with Crippen molar-refractivity contribution in [1.29, 1.82) is 5.26 Å². The van der Waals surface area contributed by atoms with Crippen LogP contribution in [-0.4, -0.2) is 31.5 Å². The first-order chi connectivity index (χ1) is 11.3. The quantitative estimate of drug-likeness (QED) is 0.474. The monoisotopic (exact) mass is 369 g/mol. The van der Waals surface area contributed by atoms with Gasteiger partial charge in [-0.1, -0.05) is 23.2 Å². The van der Waals surface area contributed by atoms with Gasteiger partial charge >= 0.3 is 0 Å². The Morgan fingerprint density at radius 2 is 2.08 bits per heavy atom. The largest absolute Gasteiger partial charge is 0.501 e. The number of anilines is 1. The van der Waals surface area contributed by atoms with Gasteiger partial charge < -0.3 is 10.1 Å². The molecule has 0 aromatic heterocycles. The number of carbonyl (C=O) groups is 2. The first-order valence-corrected chi connectivity index (χ1v) is 7.72. The summed E-state index contributed by atoms with van der Waals surface area (Å²) in [6.45, 7) is 3.01. The van der Waals surface area contributed by atoms with Gasteiger partial charge in [0.15, 0.2) is 0 Å². The number of nitrogens with zero attached hydrogens (tertiary/aromatic N) is 2. The zero-order chi connectivity index (χ0) is 18.3. The van der Waals surface area contributed by atoms with E-state index in [0.717, 1.165) is 0 Å². The van der Waals surface area contributed by atoms with Gasteiger partial charge in [-0.05, 0) is 32.0 Å². The van der Waals surface area contributed by atoms with Gasteiger partial charge in [0.25, 0.3) is 5.91 Å².